The van der Waals surface area contributed by atoms with Crippen molar-refractivity contribution in [1.82, 2.24) is 20.3 Å². The summed E-state index contributed by atoms with van der Waals surface area (Å²) in [6.07, 6.45) is -4.19. The number of hydrogen-bond acceptors (Lipinski definition) is 4. The quantitative estimate of drug-likeness (QED) is 0.389. The van der Waals surface area contributed by atoms with E-state index in [1.165, 1.54) is 11.8 Å². The molecule has 1 N–H and O–H groups in total. The van der Waals surface area contributed by atoms with E-state index in [0.717, 1.165) is 17.0 Å². The predicted molar refractivity (Wildman–Crippen MR) is 110 cm³/mol. The molecule has 0 aromatic carbocycles. The van der Waals surface area contributed by atoms with Crippen molar-refractivity contribution < 1.29 is 17.7 Å². The molecule has 0 spiro atoms. The molecule has 1 aliphatic heterocycles. The molecule has 156 valence electrons. The van der Waals surface area contributed by atoms with E-state index in [1.54, 1.807) is 7.05 Å². The lowest BCUT2D eigenvalue weighted by atomic mass is 10.00. The van der Waals surface area contributed by atoms with Crippen LogP contribution in [0.15, 0.2) is 9.52 Å². The van der Waals surface area contributed by atoms with Gasteiger partial charge >= 0.3 is 6.18 Å². The van der Waals surface area contributed by atoms with Gasteiger partial charge in [-0.15, -0.1) is 24.0 Å². The summed E-state index contributed by atoms with van der Waals surface area (Å²) >= 11 is 0. The second kappa shape index (κ2) is 9.94. The van der Waals surface area contributed by atoms with Crippen LogP contribution in [0, 0.1) is 13.8 Å². The number of nitrogens with zero attached hydrogens (tertiary/aromatic N) is 4. The second-order valence-corrected chi connectivity index (χ2v) is 6.81. The molecule has 0 radical (unpaired) electrons. The number of aryl methyl sites for hydroxylation is 2. The topological polar surface area (TPSA) is 56.9 Å². The molecule has 10 heteroatoms. The zero-order valence-corrected chi connectivity index (χ0v) is 18.8. The zero-order chi connectivity index (χ0) is 19.5. The number of alkyl halides is 3. The smallest absolute Gasteiger partial charge is 0.361 e. The van der Waals surface area contributed by atoms with Crippen LogP contribution in [0.2, 0.25) is 0 Å². The molecule has 1 aliphatic rings. The zero-order valence-electron chi connectivity index (χ0n) is 16.4. The van der Waals surface area contributed by atoms with Crippen molar-refractivity contribution in [3.05, 3.63) is 17.0 Å². The number of aliphatic imine (C=N–C) groups is 1. The average molecular weight is 503 g/mol. The van der Waals surface area contributed by atoms with Crippen molar-refractivity contribution in [2.24, 2.45) is 4.99 Å². The Labute approximate surface area is 175 Å². The van der Waals surface area contributed by atoms with Crippen LogP contribution in [0.4, 0.5) is 13.2 Å². The Bertz CT molecular complexity index is 607. The normalized spacial score (nSPS) is 18.8. The molecule has 1 aromatic heterocycles. The first-order valence-electron chi connectivity index (χ1n) is 8.84. The number of halogens is 4. The summed E-state index contributed by atoms with van der Waals surface area (Å²) in [7, 11) is 1.69. The summed E-state index contributed by atoms with van der Waals surface area (Å²) in [5.74, 6) is 1.70. The lowest BCUT2D eigenvalue weighted by Crippen LogP contribution is -2.57. The fraction of sp³-hybridized carbons (Fsp3) is 0.765. The average Bonchev–Trinajstić information content (AvgIpc) is 2.93. The molecule has 2 unspecified atom stereocenters. The summed E-state index contributed by atoms with van der Waals surface area (Å²) in [6, 6.07) is -1.42. The maximum Gasteiger partial charge on any atom is 0.403 e. The molecule has 0 saturated carbocycles. The summed E-state index contributed by atoms with van der Waals surface area (Å²) < 4.78 is 43.8. The Hall–Kier alpha value is -1.04. The van der Waals surface area contributed by atoms with E-state index in [2.05, 4.69) is 22.4 Å². The molecule has 0 aliphatic carbocycles. The van der Waals surface area contributed by atoms with Crippen LogP contribution in [0.5, 0.6) is 0 Å². The van der Waals surface area contributed by atoms with E-state index in [4.69, 9.17) is 4.52 Å². The molecule has 0 amide bonds. The summed E-state index contributed by atoms with van der Waals surface area (Å²) in [5.41, 5.74) is 1.96. The Morgan fingerprint density at radius 1 is 1.22 bits per heavy atom. The molecule has 2 rings (SSSR count). The van der Waals surface area contributed by atoms with E-state index in [-0.39, 0.29) is 29.9 Å². The van der Waals surface area contributed by atoms with Gasteiger partial charge in [0, 0.05) is 51.3 Å². The van der Waals surface area contributed by atoms with Crippen LogP contribution in [0.1, 0.15) is 36.8 Å². The fourth-order valence-corrected chi connectivity index (χ4v) is 3.40. The maximum absolute atomic E-state index is 12.9. The standard InChI is InChI=1S/C17H28F3N5O.HI/c1-11(15-12(2)23-26-13(15)3)10-22-16(21-5)25-8-6-24(7-9-25)14(4)17(18,19)20;/h11,14H,6-10H2,1-5H3,(H,21,22);1H. The Morgan fingerprint density at radius 2 is 1.81 bits per heavy atom. The maximum atomic E-state index is 12.9. The lowest BCUT2D eigenvalue weighted by Gasteiger charge is -2.39. The SMILES string of the molecule is CN=C(NCC(C)c1c(C)noc1C)N1CCN(C(C)C(F)(F)F)CC1.I. The van der Waals surface area contributed by atoms with Gasteiger partial charge in [-0.3, -0.25) is 9.89 Å². The van der Waals surface area contributed by atoms with E-state index in [1.807, 2.05) is 18.7 Å². The molecule has 1 fully saturated rings. The van der Waals surface area contributed by atoms with Crippen LogP contribution < -0.4 is 5.32 Å². The largest absolute Gasteiger partial charge is 0.403 e. The minimum atomic E-state index is -4.19. The van der Waals surface area contributed by atoms with E-state index in [9.17, 15) is 13.2 Å². The number of nitrogens with one attached hydrogen (secondary N) is 1. The fourth-order valence-electron chi connectivity index (χ4n) is 3.40. The van der Waals surface area contributed by atoms with Crippen LogP contribution >= 0.6 is 24.0 Å². The first kappa shape index (κ1) is 24.0. The van der Waals surface area contributed by atoms with Gasteiger partial charge in [0.15, 0.2) is 5.96 Å². The molecular weight excluding hydrogens is 474 g/mol. The van der Waals surface area contributed by atoms with Crippen molar-refractivity contribution in [2.45, 2.75) is 45.8 Å². The van der Waals surface area contributed by atoms with E-state index in [0.29, 0.717) is 38.7 Å². The van der Waals surface area contributed by atoms with Gasteiger partial charge in [-0.25, -0.2) is 0 Å². The number of piperazine rings is 1. The highest BCUT2D eigenvalue weighted by molar-refractivity contribution is 14.0. The second-order valence-electron chi connectivity index (χ2n) is 6.81. The van der Waals surface area contributed by atoms with Crippen molar-refractivity contribution in [3.8, 4) is 0 Å². The van der Waals surface area contributed by atoms with Gasteiger partial charge in [0.05, 0.1) is 5.69 Å². The number of guanidine groups is 1. The molecule has 2 atom stereocenters. The van der Waals surface area contributed by atoms with Gasteiger partial charge in [-0.05, 0) is 20.8 Å². The van der Waals surface area contributed by atoms with Crippen molar-refractivity contribution in [1.29, 1.82) is 0 Å². The monoisotopic (exact) mass is 503 g/mol. The third kappa shape index (κ3) is 5.97. The molecule has 1 aromatic rings. The summed E-state index contributed by atoms with van der Waals surface area (Å²) in [4.78, 5) is 7.75. The van der Waals surface area contributed by atoms with Gasteiger partial charge in [-0.2, -0.15) is 13.2 Å². The predicted octanol–water partition coefficient (Wildman–Crippen LogP) is 3.16. The molecular formula is C17H29F3IN5O. The molecule has 6 nitrogen and oxygen atoms in total. The van der Waals surface area contributed by atoms with Crippen molar-refractivity contribution in [3.63, 3.8) is 0 Å². The highest BCUT2D eigenvalue weighted by Gasteiger charge is 2.41. The van der Waals surface area contributed by atoms with E-state index >= 15 is 0 Å². The number of aromatic nitrogens is 1. The molecule has 0 bridgehead atoms. The molecule has 2 heterocycles. The Balaban J connectivity index is 0.00000364. The van der Waals surface area contributed by atoms with Gasteiger partial charge in [0.2, 0.25) is 0 Å². The third-order valence-corrected chi connectivity index (χ3v) is 4.99. The number of rotatable bonds is 4. The van der Waals surface area contributed by atoms with Gasteiger partial charge < -0.3 is 14.7 Å². The Kier molecular flexibility index (Phi) is 8.84. The van der Waals surface area contributed by atoms with Crippen LogP contribution in [-0.4, -0.2) is 72.9 Å². The number of hydrogen-bond donors (Lipinski definition) is 1. The molecule has 27 heavy (non-hydrogen) atoms. The van der Waals surface area contributed by atoms with Gasteiger partial charge in [0.1, 0.15) is 11.8 Å². The Morgan fingerprint density at radius 3 is 2.26 bits per heavy atom. The lowest BCUT2D eigenvalue weighted by molar-refractivity contribution is -0.181. The van der Waals surface area contributed by atoms with Crippen LogP contribution in [0.25, 0.3) is 0 Å². The van der Waals surface area contributed by atoms with Gasteiger partial charge in [0.25, 0.3) is 0 Å². The van der Waals surface area contributed by atoms with Crippen LogP contribution in [0.3, 0.4) is 0 Å². The van der Waals surface area contributed by atoms with E-state index < -0.39 is 12.2 Å². The van der Waals surface area contributed by atoms with Gasteiger partial charge in [-0.1, -0.05) is 12.1 Å². The van der Waals surface area contributed by atoms with Crippen molar-refractivity contribution in [2.75, 3.05) is 39.8 Å². The van der Waals surface area contributed by atoms with Crippen molar-refractivity contribution >= 4 is 29.9 Å². The highest BCUT2D eigenvalue weighted by atomic mass is 127. The van der Waals surface area contributed by atoms with Crippen LogP contribution in [-0.2, 0) is 0 Å². The minimum Gasteiger partial charge on any atom is -0.361 e. The summed E-state index contributed by atoms with van der Waals surface area (Å²) in [6.45, 7) is 9.50. The minimum absolute atomic E-state index is 0. The first-order valence-corrected chi connectivity index (χ1v) is 8.84. The summed E-state index contributed by atoms with van der Waals surface area (Å²) in [5, 5.41) is 7.30. The third-order valence-electron chi connectivity index (χ3n) is 4.99. The first-order chi connectivity index (χ1) is 12.1. The highest BCUT2D eigenvalue weighted by Crippen LogP contribution is 2.25. The molecule has 1 saturated heterocycles.